The van der Waals surface area contributed by atoms with Crippen LogP contribution in [-0.2, 0) is 4.79 Å². The lowest BCUT2D eigenvalue weighted by Crippen LogP contribution is -2.41. The van der Waals surface area contributed by atoms with Gasteiger partial charge in [0.15, 0.2) is 6.61 Å². The Labute approximate surface area is 170 Å². The zero-order valence-electron chi connectivity index (χ0n) is 15.9. The molecule has 1 aliphatic rings. The van der Waals surface area contributed by atoms with Crippen LogP contribution in [0.5, 0.6) is 5.88 Å². The zero-order valence-corrected chi connectivity index (χ0v) is 15.9. The van der Waals surface area contributed by atoms with Gasteiger partial charge in [0.1, 0.15) is 5.82 Å². The summed E-state index contributed by atoms with van der Waals surface area (Å²) in [7, 11) is 0. The van der Waals surface area contributed by atoms with Crippen LogP contribution < -0.4 is 20.7 Å². The third-order valence-electron chi connectivity index (χ3n) is 4.54. The third kappa shape index (κ3) is 5.82. The lowest BCUT2D eigenvalue weighted by molar-refractivity contribution is -0.154. The fraction of sp³-hybridized carbons (Fsp3) is 0.368. The van der Waals surface area contributed by atoms with Crippen LogP contribution in [0.25, 0.3) is 0 Å². The summed E-state index contributed by atoms with van der Waals surface area (Å²) in [5.74, 6) is -0.591. The maximum atomic E-state index is 12.3. The maximum absolute atomic E-state index is 12.3. The largest absolute Gasteiger partial charge is 0.468 e. The van der Waals surface area contributed by atoms with Gasteiger partial charge in [-0.2, -0.15) is 13.2 Å². The Balaban J connectivity index is 1.57. The van der Waals surface area contributed by atoms with E-state index in [9.17, 15) is 22.8 Å². The lowest BCUT2D eigenvalue weighted by atomic mass is 9.97. The number of nitrogens with one attached hydrogen (secondary N) is 1. The topological polar surface area (TPSA) is 110 Å². The number of carbonyl (C=O) groups excluding carboxylic acids is 2. The molecule has 2 aromatic rings. The van der Waals surface area contributed by atoms with Gasteiger partial charge in [-0.3, -0.25) is 9.59 Å². The van der Waals surface area contributed by atoms with Crippen LogP contribution in [0.2, 0.25) is 0 Å². The first-order valence-electron chi connectivity index (χ1n) is 9.18. The second-order valence-corrected chi connectivity index (χ2v) is 6.84. The van der Waals surface area contributed by atoms with E-state index >= 15 is 0 Å². The highest BCUT2D eigenvalue weighted by Crippen LogP contribution is 2.23. The van der Waals surface area contributed by atoms with E-state index in [2.05, 4.69) is 20.0 Å². The number of carbonyl (C=O) groups is 2. The highest BCUT2D eigenvalue weighted by atomic mass is 19.4. The van der Waals surface area contributed by atoms with Gasteiger partial charge in [0.25, 0.3) is 5.91 Å². The normalized spacial score (nSPS) is 16.8. The van der Waals surface area contributed by atoms with Gasteiger partial charge < -0.3 is 20.7 Å². The van der Waals surface area contributed by atoms with Crippen molar-refractivity contribution in [2.45, 2.75) is 19.0 Å². The summed E-state index contributed by atoms with van der Waals surface area (Å²) < 4.78 is 40.9. The smallest absolute Gasteiger partial charge is 0.422 e. The SMILES string of the molecule is NC(=O)C1CCCN(c2ccc(NC(=O)c3ccc(OCC(F)(F)F)nc3)cn2)C1. The van der Waals surface area contributed by atoms with Crippen molar-refractivity contribution in [1.82, 2.24) is 9.97 Å². The van der Waals surface area contributed by atoms with Crippen molar-refractivity contribution < 1.29 is 27.5 Å². The summed E-state index contributed by atoms with van der Waals surface area (Å²) in [6, 6.07) is 5.90. The molecule has 0 aliphatic carbocycles. The molecule has 1 aliphatic heterocycles. The van der Waals surface area contributed by atoms with Gasteiger partial charge in [-0.1, -0.05) is 0 Å². The van der Waals surface area contributed by atoms with E-state index in [-0.39, 0.29) is 23.3 Å². The summed E-state index contributed by atoms with van der Waals surface area (Å²) >= 11 is 0. The van der Waals surface area contributed by atoms with E-state index < -0.39 is 18.7 Å². The van der Waals surface area contributed by atoms with E-state index in [0.29, 0.717) is 18.1 Å². The first kappa shape index (κ1) is 21.3. The van der Waals surface area contributed by atoms with Crippen molar-refractivity contribution in [2.24, 2.45) is 11.7 Å². The van der Waals surface area contributed by atoms with Crippen LogP contribution in [0.3, 0.4) is 0 Å². The molecular weight excluding hydrogens is 403 g/mol. The number of nitrogens with zero attached hydrogens (tertiary/aromatic N) is 3. The number of aromatic nitrogens is 2. The van der Waals surface area contributed by atoms with Crippen LogP contribution in [0.1, 0.15) is 23.2 Å². The van der Waals surface area contributed by atoms with E-state index in [1.54, 1.807) is 12.1 Å². The van der Waals surface area contributed by atoms with Gasteiger partial charge in [-0.15, -0.1) is 0 Å². The quantitative estimate of drug-likeness (QED) is 0.738. The molecule has 3 N–H and O–H groups in total. The second-order valence-electron chi connectivity index (χ2n) is 6.84. The number of hydrogen-bond donors (Lipinski definition) is 2. The highest BCUT2D eigenvalue weighted by molar-refractivity contribution is 6.04. The Morgan fingerprint density at radius 1 is 1.20 bits per heavy atom. The van der Waals surface area contributed by atoms with Crippen LogP contribution in [0, 0.1) is 5.92 Å². The van der Waals surface area contributed by atoms with Crippen LogP contribution in [0.4, 0.5) is 24.7 Å². The van der Waals surface area contributed by atoms with Crippen molar-refractivity contribution in [3.8, 4) is 5.88 Å². The zero-order chi connectivity index (χ0) is 21.7. The molecule has 2 aromatic heterocycles. The predicted octanol–water partition coefficient (Wildman–Crippen LogP) is 2.37. The molecule has 8 nitrogen and oxygen atoms in total. The van der Waals surface area contributed by atoms with Gasteiger partial charge in [-0.25, -0.2) is 9.97 Å². The van der Waals surface area contributed by atoms with E-state index in [4.69, 9.17) is 5.73 Å². The van der Waals surface area contributed by atoms with Crippen molar-refractivity contribution >= 4 is 23.3 Å². The van der Waals surface area contributed by atoms with Crippen LogP contribution >= 0.6 is 0 Å². The minimum atomic E-state index is -4.47. The second kappa shape index (κ2) is 8.97. The Hall–Kier alpha value is -3.37. The number of halogens is 3. The molecule has 1 saturated heterocycles. The number of pyridine rings is 2. The molecule has 3 rings (SSSR count). The molecule has 160 valence electrons. The van der Waals surface area contributed by atoms with Gasteiger partial charge in [0.05, 0.1) is 23.4 Å². The minimum Gasteiger partial charge on any atom is -0.468 e. The molecule has 1 atom stereocenters. The highest BCUT2D eigenvalue weighted by Gasteiger charge is 2.28. The molecule has 1 unspecified atom stereocenters. The van der Waals surface area contributed by atoms with Crippen LogP contribution in [-0.4, -0.2) is 47.7 Å². The number of hydrogen-bond acceptors (Lipinski definition) is 6. The molecule has 1 fully saturated rings. The van der Waals surface area contributed by atoms with Crippen molar-refractivity contribution in [3.05, 3.63) is 42.2 Å². The summed E-state index contributed by atoms with van der Waals surface area (Å²) in [6.07, 6.45) is -0.265. The van der Waals surface area contributed by atoms with Crippen LogP contribution in [0.15, 0.2) is 36.7 Å². The summed E-state index contributed by atoms with van der Waals surface area (Å²) in [5.41, 5.74) is 5.98. The molecule has 3 heterocycles. The summed E-state index contributed by atoms with van der Waals surface area (Å²) in [4.78, 5) is 33.7. The maximum Gasteiger partial charge on any atom is 0.422 e. The molecule has 0 aromatic carbocycles. The number of nitrogens with two attached hydrogens (primary N) is 1. The van der Waals surface area contributed by atoms with E-state index in [1.165, 1.54) is 18.3 Å². The first-order chi connectivity index (χ1) is 14.2. The molecule has 2 amide bonds. The first-order valence-corrected chi connectivity index (χ1v) is 9.18. The Morgan fingerprint density at radius 2 is 2.00 bits per heavy atom. The van der Waals surface area contributed by atoms with E-state index in [1.807, 2.05) is 4.90 Å². The number of ether oxygens (including phenoxy) is 1. The molecule has 0 radical (unpaired) electrons. The number of primary amides is 1. The van der Waals surface area contributed by atoms with Crippen molar-refractivity contribution in [3.63, 3.8) is 0 Å². The summed E-state index contributed by atoms with van der Waals surface area (Å²) in [6.45, 7) is -0.194. The number of anilines is 2. The minimum absolute atomic E-state index is 0.152. The Morgan fingerprint density at radius 3 is 2.60 bits per heavy atom. The number of alkyl halides is 3. The van der Waals surface area contributed by atoms with E-state index in [0.717, 1.165) is 25.6 Å². The van der Waals surface area contributed by atoms with Crippen molar-refractivity contribution in [2.75, 3.05) is 29.9 Å². The van der Waals surface area contributed by atoms with Gasteiger partial charge in [0.2, 0.25) is 11.8 Å². The monoisotopic (exact) mass is 423 g/mol. The molecule has 30 heavy (non-hydrogen) atoms. The van der Waals surface area contributed by atoms with Gasteiger partial charge in [0, 0.05) is 25.4 Å². The fourth-order valence-corrected chi connectivity index (χ4v) is 3.02. The molecule has 0 spiro atoms. The molecule has 0 saturated carbocycles. The molecular formula is C19H20F3N5O3. The Kier molecular flexibility index (Phi) is 6.38. The average Bonchev–Trinajstić information content (AvgIpc) is 2.72. The van der Waals surface area contributed by atoms with Gasteiger partial charge in [-0.05, 0) is 31.0 Å². The number of piperidine rings is 1. The molecule has 11 heteroatoms. The van der Waals surface area contributed by atoms with Crippen molar-refractivity contribution in [1.29, 1.82) is 0 Å². The lowest BCUT2D eigenvalue weighted by Gasteiger charge is -2.32. The number of rotatable bonds is 6. The number of amides is 2. The Bertz CT molecular complexity index is 888. The fourth-order valence-electron chi connectivity index (χ4n) is 3.02. The third-order valence-corrected chi connectivity index (χ3v) is 4.54. The molecule has 0 bridgehead atoms. The average molecular weight is 423 g/mol. The standard InChI is InChI=1S/C19H20F3N5O3/c20-19(21,22)11-30-16-6-3-12(8-25-16)18(29)26-14-4-5-15(24-9-14)27-7-1-2-13(10-27)17(23)28/h3-6,8-9,13H,1-2,7,10-11H2,(H2,23,28)(H,26,29). The summed E-state index contributed by atoms with van der Waals surface area (Å²) in [5, 5.41) is 2.64. The van der Waals surface area contributed by atoms with Gasteiger partial charge >= 0.3 is 6.18 Å². The predicted molar refractivity (Wildman–Crippen MR) is 102 cm³/mol.